The SMILES string of the molecule is CCN(C(=O)c1cc(F)c2c(c1Oc1nncnc1N1CCC3(C1)CN([C@H](CCCNCCC(C)(C)OC)C(C)C)C3)OC(=O)/C=C/C(=O)O2)C(C)C. The minimum Gasteiger partial charge on any atom is -0.430 e. The van der Waals surface area contributed by atoms with Crippen molar-refractivity contribution in [2.24, 2.45) is 11.3 Å². The van der Waals surface area contributed by atoms with E-state index in [1.54, 1.807) is 14.0 Å². The number of ether oxygens (including phenoxy) is 4. The number of esters is 2. The highest BCUT2D eigenvalue weighted by Crippen LogP contribution is 2.48. The molecule has 1 atom stereocenters. The van der Waals surface area contributed by atoms with Crippen molar-refractivity contribution < 1.29 is 37.7 Å². The molecule has 0 radical (unpaired) electrons. The maximum absolute atomic E-state index is 15.6. The standard InChI is InChI=1S/C38H54FN7O7/c1-9-46(25(4)5)36(49)26-19-27(39)32-33(52-30(48)13-12-29(47)51-32)31(26)53-35-34(41-23-42-43-35)44-18-15-38(20-44)21-45(22-38)28(24(2)3)11-10-16-40-17-14-37(6,7)50-8/h12-13,19,23-25,28,40H,9-11,14-18,20-22H2,1-8H3/b13-12+/t28-/m1/s1. The van der Waals surface area contributed by atoms with Crippen LogP contribution < -0.4 is 24.4 Å². The minimum absolute atomic E-state index is 0.0562. The number of aromatic nitrogens is 3. The van der Waals surface area contributed by atoms with Crippen LogP contribution in [-0.4, -0.2) is 113 Å². The summed E-state index contributed by atoms with van der Waals surface area (Å²) in [7, 11) is 1.75. The Kier molecular flexibility index (Phi) is 12.7. The Morgan fingerprint density at radius 3 is 2.43 bits per heavy atom. The smallest absolute Gasteiger partial charge is 0.336 e. The first-order valence-corrected chi connectivity index (χ1v) is 18.6. The van der Waals surface area contributed by atoms with Gasteiger partial charge in [0.2, 0.25) is 11.5 Å². The average molecular weight is 740 g/mol. The van der Waals surface area contributed by atoms with Crippen molar-refractivity contribution in [2.75, 3.05) is 57.8 Å². The van der Waals surface area contributed by atoms with E-state index in [2.05, 4.69) is 58.0 Å². The molecule has 290 valence electrons. The third kappa shape index (κ3) is 9.30. The second kappa shape index (κ2) is 16.9. The highest BCUT2D eigenvalue weighted by molar-refractivity contribution is 6.01. The summed E-state index contributed by atoms with van der Waals surface area (Å²) in [4.78, 5) is 49.5. The number of methoxy groups -OCH3 is 1. The lowest BCUT2D eigenvalue weighted by Gasteiger charge is -2.53. The van der Waals surface area contributed by atoms with Gasteiger partial charge >= 0.3 is 11.9 Å². The Balaban J connectivity index is 1.34. The largest absolute Gasteiger partial charge is 0.430 e. The lowest BCUT2D eigenvalue weighted by Crippen LogP contribution is -2.62. The van der Waals surface area contributed by atoms with E-state index in [4.69, 9.17) is 18.9 Å². The van der Waals surface area contributed by atoms with Crippen LogP contribution in [0.4, 0.5) is 10.2 Å². The third-order valence-electron chi connectivity index (χ3n) is 10.5. The summed E-state index contributed by atoms with van der Waals surface area (Å²) in [5, 5.41) is 11.7. The molecule has 2 aromatic rings. The number of hydrogen-bond acceptors (Lipinski definition) is 13. The number of amides is 1. The van der Waals surface area contributed by atoms with Crippen molar-refractivity contribution in [3.05, 3.63) is 35.9 Å². The number of likely N-dealkylation sites (tertiary alicyclic amines) is 1. The first-order valence-electron chi connectivity index (χ1n) is 18.6. The molecule has 1 aromatic carbocycles. The van der Waals surface area contributed by atoms with Gasteiger partial charge in [0, 0.05) is 69.5 Å². The molecule has 2 saturated heterocycles. The number of anilines is 1. The molecule has 1 spiro atoms. The van der Waals surface area contributed by atoms with Gasteiger partial charge in [0.1, 0.15) is 6.33 Å². The first kappa shape index (κ1) is 40.0. The van der Waals surface area contributed by atoms with Gasteiger partial charge in [-0.05, 0) is 85.4 Å². The topological polar surface area (TPSA) is 149 Å². The van der Waals surface area contributed by atoms with Gasteiger partial charge in [-0.1, -0.05) is 13.8 Å². The number of halogens is 1. The number of rotatable bonds is 16. The molecule has 1 amide bonds. The highest BCUT2D eigenvalue weighted by atomic mass is 19.1. The maximum Gasteiger partial charge on any atom is 0.336 e. The third-order valence-corrected chi connectivity index (χ3v) is 10.5. The van der Waals surface area contributed by atoms with Crippen LogP contribution in [0, 0.1) is 17.2 Å². The van der Waals surface area contributed by atoms with E-state index < -0.39 is 35.2 Å². The number of carbonyl (C=O) groups excluding carboxylic acids is 3. The molecular formula is C38H54FN7O7. The lowest BCUT2D eigenvalue weighted by molar-refractivity contribution is -0.133. The Labute approximate surface area is 311 Å². The van der Waals surface area contributed by atoms with Crippen LogP contribution in [0.2, 0.25) is 0 Å². The summed E-state index contributed by atoms with van der Waals surface area (Å²) in [6.45, 7) is 19.7. The van der Waals surface area contributed by atoms with Crippen LogP contribution in [0.15, 0.2) is 24.5 Å². The van der Waals surface area contributed by atoms with E-state index in [9.17, 15) is 14.4 Å². The van der Waals surface area contributed by atoms with Crippen molar-refractivity contribution in [2.45, 2.75) is 91.8 Å². The van der Waals surface area contributed by atoms with Crippen LogP contribution in [0.5, 0.6) is 23.1 Å². The number of nitrogens with one attached hydrogen (secondary N) is 1. The van der Waals surface area contributed by atoms with Gasteiger partial charge in [0.15, 0.2) is 17.4 Å². The zero-order valence-corrected chi connectivity index (χ0v) is 32.2. The quantitative estimate of drug-likeness (QED) is 0.143. The summed E-state index contributed by atoms with van der Waals surface area (Å²) in [6, 6.07) is 1.13. The normalized spacial score (nSPS) is 18.3. The Morgan fingerprint density at radius 1 is 1.09 bits per heavy atom. The van der Waals surface area contributed by atoms with Crippen LogP contribution >= 0.6 is 0 Å². The average Bonchev–Trinajstić information content (AvgIpc) is 3.54. The number of nitrogens with zero attached hydrogens (tertiary/aromatic N) is 6. The molecule has 15 heteroatoms. The van der Waals surface area contributed by atoms with E-state index in [0.717, 1.165) is 70.1 Å². The zero-order chi connectivity index (χ0) is 38.5. The number of fused-ring (bicyclic) bond motifs is 1. The lowest BCUT2D eigenvalue weighted by atomic mass is 9.76. The molecule has 3 aliphatic heterocycles. The van der Waals surface area contributed by atoms with Crippen molar-refractivity contribution in [3.63, 3.8) is 0 Å². The van der Waals surface area contributed by atoms with E-state index in [0.29, 0.717) is 37.4 Å². The molecule has 1 aromatic heterocycles. The predicted octanol–water partition coefficient (Wildman–Crippen LogP) is 4.78. The number of benzene rings is 1. The predicted molar refractivity (Wildman–Crippen MR) is 196 cm³/mol. The Bertz CT molecular complexity index is 1680. The first-order chi connectivity index (χ1) is 25.2. The Morgan fingerprint density at radius 2 is 1.79 bits per heavy atom. The molecule has 0 saturated carbocycles. The summed E-state index contributed by atoms with van der Waals surface area (Å²) in [5.74, 6) is -4.42. The monoisotopic (exact) mass is 739 g/mol. The zero-order valence-electron chi connectivity index (χ0n) is 32.2. The fraction of sp³-hybridized carbons (Fsp3) is 0.632. The molecular weight excluding hydrogens is 685 g/mol. The molecule has 5 rings (SSSR count). The highest BCUT2D eigenvalue weighted by Gasteiger charge is 2.50. The fourth-order valence-corrected chi connectivity index (χ4v) is 7.40. The van der Waals surface area contributed by atoms with Gasteiger partial charge in [-0.3, -0.25) is 9.69 Å². The van der Waals surface area contributed by atoms with Crippen molar-refractivity contribution in [3.8, 4) is 23.1 Å². The van der Waals surface area contributed by atoms with Gasteiger partial charge in [-0.2, -0.15) is 0 Å². The molecule has 1 N–H and O–H groups in total. The van der Waals surface area contributed by atoms with Crippen LogP contribution in [0.3, 0.4) is 0 Å². The van der Waals surface area contributed by atoms with Gasteiger partial charge in [-0.25, -0.2) is 19.0 Å². The molecule has 3 aliphatic rings. The minimum atomic E-state index is -1.08. The molecule has 0 unspecified atom stereocenters. The molecule has 0 bridgehead atoms. The second-order valence-electron chi connectivity index (χ2n) is 15.4. The van der Waals surface area contributed by atoms with E-state index in [1.807, 2.05) is 13.8 Å². The van der Waals surface area contributed by atoms with Crippen LogP contribution in [0.25, 0.3) is 0 Å². The maximum atomic E-state index is 15.6. The summed E-state index contributed by atoms with van der Waals surface area (Å²) < 4.78 is 38.0. The van der Waals surface area contributed by atoms with Gasteiger partial charge in [-0.15, -0.1) is 10.2 Å². The molecule has 4 heterocycles. The van der Waals surface area contributed by atoms with Crippen molar-refractivity contribution in [1.29, 1.82) is 0 Å². The van der Waals surface area contributed by atoms with Gasteiger partial charge in [0.05, 0.1) is 11.2 Å². The van der Waals surface area contributed by atoms with Crippen LogP contribution in [0.1, 0.15) is 84.5 Å². The van der Waals surface area contributed by atoms with E-state index in [1.165, 1.54) is 11.2 Å². The second-order valence-corrected chi connectivity index (χ2v) is 15.4. The molecule has 14 nitrogen and oxygen atoms in total. The summed E-state index contributed by atoms with van der Waals surface area (Å²) in [6.07, 6.45) is 7.07. The van der Waals surface area contributed by atoms with Gasteiger partial charge in [0.25, 0.3) is 11.8 Å². The van der Waals surface area contributed by atoms with E-state index >= 15 is 4.39 Å². The fourth-order valence-electron chi connectivity index (χ4n) is 7.40. The molecule has 53 heavy (non-hydrogen) atoms. The summed E-state index contributed by atoms with van der Waals surface area (Å²) >= 11 is 0. The molecule has 0 aliphatic carbocycles. The van der Waals surface area contributed by atoms with Gasteiger partial charge < -0.3 is 34.1 Å². The van der Waals surface area contributed by atoms with Crippen molar-refractivity contribution in [1.82, 2.24) is 30.3 Å². The Hall–Kier alpha value is -4.21. The number of carbonyl (C=O) groups is 3. The summed E-state index contributed by atoms with van der Waals surface area (Å²) in [5.41, 5.74) is -0.318. The van der Waals surface area contributed by atoms with Crippen LogP contribution in [-0.2, 0) is 14.3 Å². The molecule has 2 fully saturated rings. The number of hydrogen-bond donors (Lipinski definition) is 1. The van der Waals surface area contributed by atoms with E-state index in [-0.39, 0.29) is 34.3 Å². The van der Waals surface area contributed by atoms with Crippen molar-refractivity contribution >= 4 is 23.7 Å².